The van der Waals surface area contributed by atoms with Crippen molar-refractivity contribution in [3.63, 3.8) is 0 Å². The maximum absolute atomic E-state index is 3.00. The van der Waals surface area contributed by atoms with Gasteiger partial charge in [0.1, 0.15) is 0 Å². The molecule has 44 valence electrons. The van der Waals surface area contributed by atoms with Gasteiger partial charge >= 0.3 is 29.6 Å². The Morgan fingerprint density at radius 2 is 1.67 bits per heavy atom. The third-order valence-corrected chi connectivity index (χ3v) is 1.51. The first-order chi connectivity index (χ1) is 3.93. The quantitative estimate of drug-likeness (QED) is 0.450. The molecule has 0 atom stereocenters. The Kier molecular flexibility index (Phi) is 5.99. The summed E-state index contributed by atoms with van der Waals surface area (Å²) >= 11 is 2.10. The normalized spacial score (nSPS) is 7.67. The van der Waals surface area contributed by atoms with E-state index in [9.17, 15) is 0 Å². The van der Waals surface area contributed by atoms with E-state index in [2.05, 4.69) is 26.4 Å². The molecule has 0 bridgehead atoms. The Labute approximate surface area is 91.0 Å². The van der Waals surface area contributed by atoms with E-state index in [-0.39, 0.29) is 29.6 Å². The van der Waals surface area contributed by atoms with Crippen molar-refractivity contribution in [2.75, 3.05) is 3.53 Å². The SMILES string of the molecule is INc1ccccc1.[NaH]. The van der Waals surface area contributed by atoms with Crippen LogP contribution in [0.15, 0.2) is 30.3 Å². The van der Waals surface area contributed by atoms with Crippen LogP contribution in [-0.2, 0) is 0 Å². The van der Waals surface area contributed by atoms with Gasteiger partial charge in [-0.3, -0.25) is 0 Å². The summed E-state index contributed by atoms with van der Waals surface area (Å²) in [5, 5.41) is 0. The molecule has 0 radical (unpaired) electrons. The Hall–Kier alpha value is 0.750. The summed E-state index contributed by atoms with van der Waals surface area (Å²) in [6.07, 6.45) is 0. The number of halogens is 1. The zero-order valence-electron chi connectivity index (χ0n) is 4.26. The Bertz CT molecular complexity index is 154. The minimum atomic E-state index is 0. The zero-order valence-corrected chi connectivity index (χ0v) is 6.42. The Morgan fingerprint density at radius 3 is 2.00 bits per heavy atom. The molecule has 1 nitrogen and oxygen atoms in total. The minimum absolute atomic E-state index is 0. The molecule has 0 fully saturated rings. The first-order valence-corrected chi connectivity index (χ1v) is 3.43. The molecule has 1 N–H and O–H groups in total. The van der Waals surface area contributed by atoms with Gasteiger partial charge in [0.2, 0.25) is 0 Å². The van der Waals surface area contributed by atoms with Crippen LogP contribution in [0.4, 0.5) is 5.69 Å². The van der Waals surface area contributed by atoms with E-state index < -0.39 is 0 Å². The fourth-order valence-corrected chi connectivity index (χ4v) is 0.861. The van der Waals surface area contributed by atoms with Gasteiger partial charge in [-0.25, -0.2) is 0 Å². The van der Waals surface area contributed by atoms with E-state index in [0.29, 0.717) is 0 Å². The molecule has 1 aromatic rings. The van der Waals surface area contributed by atoms with Gasteiger partial charge in [-0.05, 0) is 12.1 Å². The summed E-state index contributed by atoms with van der Waals surface area (Å²) in [5.74, 6) is 0. The molecule has 0 heterocycles. The van der Waals surface area contributed by atoms with E-state index in [1.807, 2.05) is 30.3 Å². The molecule has 0 aliphatic rings. The average Bonchev–Trinajstić information content (AvgIpc) is 1.90. The van der Waals surface area contributed by atoms with Gasteiger partial charge in [0.25, 0.3) is 0 Å². The van der Waals surface area contributed by atoms with Crippen LogP contribution in [0.5, 0.6) is 0 Å². The number of para-hydroxylation sites is 1. The molecule has 0 unspecified atom stereocenters. The van der Waals surface area contributed by atoms with E-state index in [4.69, 9.17) is 0 Å². The van der Waals surface area contributed by atoms with Crippen LogP contribution in [0, 0.1) is 0 Å². The van der Waals surface area contributed by atoms with Crippen molar-refractivity contribution in [2.45, 2.75) is 0 Å². The van der Waals surface area contributed by atoms with Gasteiger partial charge in [-0.2, -0.15) is 0 Å². The average molecular weight is 243 g/mol. The summed E-state index contributed by atoms with van der Waals surface area (Å²) in [7, 11) is 0. The number of rotatable bonds is 1. The van der Waals surface area contributed by atoms with Gasteiger partial charge < -0.3 is 3.53 Å². The van der Waals surface area contributed by atoms with Crippen molar-refractivity contribution in [3.05, 3.63) is 30.3 Å². The summed E-state index contributed by atoms with van der Waals surface area (Å²) in [4.78, 5) is 0. The topological polar surface area (TPSA) is 12.0 Å². The molecule has 0 aliphatic carbocycles. The number of nitrogens with one attached hydrogen (secondary N) is 1. The zero-order chi connectivity index (χ0) is 5.82. The molecule has 0 saturated heterocycles. The molecule has 3 heteroatoms. The molecular weight excluding hydrogens is 236 g/mol. The molecule has 0 aromatic heterocycles. The van der Waals surface area contributed by atoms with Crippen LogP contribution in [0.3, 0.4) is 0 Å². The third kappa shape index (κ3) is 3.45. The van der Waals surface area contributed by atoms with Gasteiger partial charge in [0, 0.05) is 5.69 Å². The third-order valence-electron chi connectivity index (χ3n) is 0.883. The van der Waals surface area contributed by atoms with Crippen molar-refractivity contribution in [1.82, 2.24) is 0 Å². The van der Waals surface area contributed by atoms with Crippen molar-refractivity contribution >= 4 is 58.1 Å². The van der Waals surface area contributed by atoms with Crippen molar-refractivity contribution in [1.29, 1.82) is 0 Å². The van der Waals surface area contributed by atoms with Crippen LogP contribution in [-0.4, -0.2) is 29.6 Å². The van der Waals surface area contributed by atoms with Gasteiger partial charge in [0.15, 0.2) is 0 Å². The maximum atomic E-state index is 3.00. The predicted molar refractivity (Wildman–Crippen MR) is 51.2 cm³/mol. The second-order valence-corrected chi connectivity index (χ2v) is 2.00. The molecule has 1 rings (SSSR count). The van der Waals surface area contributed by atoms with Gasteiger partial charge in [-0.1, -0.05) is 18.2 Å². The van der Waals surface area contributed by atoms with Crippen molar-refractivity contribution < 1.29 is 0 Å². The van der Waals surface area contributed by atoms with Crippen LogP contribution in [0.1, 0.15) is 0 Å². The van der Waals surface area contributed by atoms with Crippen molar-refractivity contribution in [2.24, 2.45) is 0 Å². The summed E-state index contributed by atoms with van der Waals surface area (Å²) < 4.78 is 3.00. The Morgan fingerprint density at radius 1 is 1.11 bits per heavy atom. The molecular formula is C6H7INNa. The molecule has 1 aromatic carbocycles. The van der Waals surface area contributed by atoms with Crippen LogP contribution >= 0.6 is 22.9 Å². The second kappa shape index (κ2) is 5.53. The first kappa shape index (κ1) is 9.75. The van der Waals surface area contributed by atoms with E-state index in [1.165, 1.54) is 0 Å². The fraction of sp³-hybridized carbons (Fsp3) is 0. The number of benzene rings is 1. The van der Waals surface area contributed by atoms with Crippen molar-refractivity contribution in [3.8, 4) is 0 Å². The molecule has 0 amide bonds. The van der Waals surface area contributed by atoms with E-state index in [1.54, 1.807) is 0 Å². The molecule has 0 aliphatic heterocycles. The number of hydrogen-bond donors (Lipinski definition) is 1. The second-order valence-electron chi connectivity index (χ2n) is 1.46. The van der Waals surface area contributed by atoms with Gasteiger partial charge in [-0.15, -0.1) is 0 Å². The van der Waals surface area contributed by atoms with E-state index in [0.717, 1.165) is 5.69 Å². The fourth-order valence-electron chi connectivity index (χ4n) is 0.501. The summed E-state index contributed by atoms with van der Waals surface area (Å²) in [5.41, 5.74) is 1.15. The summed E-state index contributed by atoms with van der Waals surface area (Å²) in [6.45, 7) is 0. The first-order valence-electron chi connectivity index (χ1n) is 2.35. The monoisotopic (exact) mass is 243 g/mol. The molecule has 9 heavy (non-hydrogen) atoms. The standard InChI is InChI=1S/C6H6IN.Na.H/c7-8-6-4-2-1-3-5-6;;/h1-5,8H;;. The predicted octanol–water partition coefficient (Wildman–Crippen LogP) is 1.80. The summed E-state index contributed by atoms with van der Waals surface area (Å²) in [6, 6.07) is 10.0. The number of hydrogen-bond acceptors (Lipinski definition) is 1. The van der Waals surface area contributed by atoms with E-state index >= 15 is 0 Å². The van der Waals surface area contributed by atoms with Crippen LogP contribution < -0.4 is 3.53 Å². The Balaban J connectivity index is 0.000000640. The molecule has 0 spiro atoms. The van der Waals surface area contributed by atoms with Gasteiger partial charge in [0.05, 0.1) is 22.9 Å². The number of anilines is 1. The molecule has 0 saturated carbocycles. The van der Waals surface area contributed by atoms with Crippen LogP contribution in [0.25, 0.3) is 0 Å². The van der Waals surface area contributed by atoms with Crippen LogP contribution in [0.2, 0.25) is 0 Å².